The second-order valence-corrected chi connectivity index (χ2v) is 4.60. The van der Waals surface area contributed by atoms with Crippen molar-refractivity contribution in [1.82, 2.24) is 0 Å². The highest BCUT2D eigenvalue weighted by atomic mass is 19.1. The molecule has 0 aromatic heterocycles. The van der Waals surface area contributed by atoms with Crippen molar-refractivity contribution in [2.75, 3.05) is 18.0 Å². The van der Waals surface area contributed by atoms with Crippen molar-refractivity contribution in [3.8, 4) is 0 Å². The predicted octanol–water partition coefficient (Wildman–Crippen LogP) is 1.39. The molecule has 1 aliphatic rings. The predicted molar refractivity (Wildman–Crippen MR) is 67.5 cm³/mol. The maximum Gasteiger partial charge on any atom is 0.342 e. The topological polar surface area (TPSA) is 104 Å². The molecule has 1 saturated heterocycles. The molecule has 0 unspecified atom stereocenters. The fourth-order valence-corrected chi connectivity index (χ4v) is 2.22. The fraction of sp³-hybridized carbons (Fsp3) is 0.417. The maximum atomic E-state index is 13.9. The molecule has 2 rings (SSSR count). The second kappa shape index (κ2) is 5.41. The Morgan fingerprint density at radius 3 is 2.50 bits per heavy atom. The van der Waals surface area contributed by atoms with Gasteiger partial charge in [-0.1, -0.05) is 0 Å². The molecule has 1 aliphatic heterocycles. The SMILES string of the molecule is O=C(O)c1cc(N2CCC(O)CC2)c(F)cc1[N+](=O)[O-]. The van der Waals surface area contributed by atoms with E-state index in [2.05, 4.69) is 0 Å². The molecule has 0 bridgehead atoms. The lowest BCUT2D eigenvalue weighted by Gasteiger charge is -2.31. The number of halogens is 1. The van der Waals surface area contributed by atoms with E-state index in [1.165, 1.54) is 0 Å². The molecule has 20 heavy (non-hydrogen) atoms. The molecular formula is C12H13FN2O5. The number of carbonyl (C=O) groups is 1. The van der Waals surface area contributed by atoms with Crippen molar-refractivity contribution < 1.29 is 24.3 Å². The van der Waals surface area contributed by atoms with E-state index in [4.69, 9.17) is 5.11 Å². The highest BCUT2D eigenvalue weighted by Gasteiger charge is 2.27. The average Bonchev–Trinajstić information content (AvgIpc) is 2.39. The molecule has 108 valence electrons. The van der Waals surface area contributed by atoms with Crippen LogP contribution < -0.4 is 4.90 Å². The summed E-state index contributed by atoms with van der Waals surface area (Å²) >= 11 is 0. The standard InChI is InChI=1S/C12H13FN2O5/c13-9-6-10(15(19)20)8(12(17)18)5-11(9)14-3-1-7(16)2-4-14/h5-7,16H,1-4H2,(H,17,18). The Hall–Kier alpha value is -2.22. The number of carboxylic acids is 1. The van der Waals surface area contributed by atoms with Crippen molar-refractivity contribution in [3.05, 3.63) is 33.6 Å². The monoisotopic (exact) mass is 284 g/mol. The minimum absolute atomic E-state index is 0.0138. The van der Waals surface area contributed by atoms with Gasteiger partial charge in [0.15, 0.2) is 5.82 Å². The highest BCUT2D eigenvalue weighted by molar-refractivity contribution is 5.93. The molecule has 0 spiro atoms. The zero-order valence-electron chi connectivity index (χ0n) is 10.5. The van der Waals surface area contributed by atoms with Crippen molar-refractivity contribution in [1.29, 1.82) is 0 Å². The largest absolute Gasteiger partial charge is 0.477 e. The molecule has 7 nitrogen and oxygen atoms in total. The normalized spacial score (nSPS) is 16.2. The van der Waals surface area contributed by atoms with Gasteiger partial charge in [-0.05, 0) is 18.9 Å². The molecule has 1 heterocycles. The van der Waals surface area contributed by atoms with Crippen molar-refractivity contribution in [2.45, 2.75) is 18.9 Å². The zero-order chi connectivity index (χ0) is 14.9. The fourth-order valence-electron chi connectivity index (χ4n) is 2.22. The number of anilines is 1. The van der Waals surface area contributed by atoms with Crippen LogP contribution in [0.1, 0.15) is 23.2 Å². The smallest absolute Gasteiger partial charge is 0.342 e. The van der Waals surface area contributed by atoms with E-state index >= 15 is 0 Å². The van der Waals surface area contributed by atoms with E-state index in [1.54, 1.807) is 4.90 Å². The highest BCUT2D eigenvalue weighted by Crippen LogP contribution is 2.30. The third-order valence-electron chi connectivity index (χ3n) is 3.30. The Bertz CT molecular complexity index is 555. The Labute approximate surface area is 113 Å². The van der Waals surface area contributed by atoms with Crippen LogP contribution >= 0.6 is 0 Å². The van der Waals surface area contributed by atoms with E-state index in [1.807, 2.05) is 0 Å². The van der Waals surface area contributed by atoms with Crippen LogP contribution in [0.2, 0.25) is 0 Å². The molecule has 2 N–H and O–H groups in total. The van der Waals surface area contributed by atoms with Crippen LogP contribution in [-0.2, 0) is 0 Å². The van der Waals surface area contributed by atoms with Gasteiger partial charge in [-0.15, -0.1) is 0 Å². The van der Waals surface area contributed by atoms with Crippen molar-refractivity contribution in [3.63, 3.8) is 0 Å². The van der Waals surface area contributed by atoms with E-state index in [-0.39, 0.29) is 5.69 Å². The van der Waals surface area contributed by atoms with E-state index < -0.39 is 34.1 Å². The molecule has 0 amide bonds. The first kappa shape index (κ1) is 14.2. The zero-order valence-corrected chi connectivity index (χ0v) is 10.5. The van der Waals surface area contributed by atoms with Crippen LogP contribution in [-0.4, -0.2) is 40.3 Å². The lowest BCUT2D eigenvalue weighted by molar-refractivity contribution is -0.385. The summed E-state index contributed by atoms with van der Waals surface area (Å²) < 4.78 is 13.9. The van der Waals surface area contributed by atoms with Gasteiger partial charge in [-0.2, -0.15) is 0 Å². The second-order valence-electron chi connectivity index (χ2n) is 4.60. The summed E-state index contributed by atoms with van der Waals surface area (Å²) in [6, 6.07) is 1.61. The molecule has 1 aromatic carbocycles. The van der Waals surface area contributed by atoms with Crippen LogP contribution in [0.5, 0.6) is 0 Å². The number of hydrogen-bond donors (Lipinski definition) is 2. The number of nitrogens with zero attached hydrogens (tertiary/aromatic N) is 2. The first-order chi connectivity index (χ1) is 9.40. The quantitative estimate of drug-likeness (QED) is 0.642. The van der Waals surface area contributed by atoms with Gasteiger partial charge in [0.2, 0.25) is 0 Å². The third kappa shape index (κ3) is 2.69. The van der Waals surface area contributed by atoms with E-state index in [0.717, 1.165) is 6.07 Å². The number of hydrogen-bond acceptors (Lipinski definition) is 5. The Kier molecular flexibility index (Phi) is 3.84. The van der Waals surface area contributed by atoms with Crippen LogP contribution in [0.25, 0.3) is 0 Å². The molecular weight excluding hydrogens is 271 g/mol. The summed E-state index contributed by atoms with van der Waals surface area (Å²) in [5.41, 5.74) is -1.30. The Morgan fingerprint density at radius 2 is 2.00 bits per heavy atom. The Balaban J connectivity index is 2.41. The van der Waals surface area contributed by atoms with Gasteiger partial charge in [-0.25, -0.2) is 9.18 Å². The summed E-state index contributed by atoms with van der Waals surface area (Å²) in [5, 5.41) is 29.1. The maximum absolute atomic E-state index is 13.9. The summed E-state index contributed by atoms with van der Waals surface area (Å²) in [5.74, 6) is -2.31. The lowest BCUT2D eigenvalue weighted by Crippen LogP contribution is -2.36. The van der Waals surface area contributed by atoms with Gasteiger partial charge in [0, 0.05) is 13.1 Å². The van der Waals surface area contributed by atoms with Crippen LogP contribution in [0.3, 0.4) is 0 Å². The van der Waals surface area contributed by atoms with E-state index in [0.29, 0.717) is 32.0 Å². The van der Waals surface area contributed by atoms with E-state index in [9.17, 15) is 24.4 Å². The number of piperidine rings is 1. The average molecular weight is 284 g/mol. The molecule has 0 atom stereocenters. The number of aromatic carboxylic acids is 1. The number of aliphatic hydroxyl groups excluding tert-OH is 1. The molecule has 0 radical (unpaired) electrons. The van der Waals surface area contributed by atoms with Crippen LogP contribution in [0, 0.1) is 15.9 Å². The molecule has 0 saturated carbocycles. The van der Waals surface area contributed by atoms with Crippen LogP contribution in [0.15, 0.2) is 12.1 Å². The first-order valence-corrected chi connectivity index (χ1v) is 6.04. The van der Waals surface area contributed by atoms with Crippen molar-refractivity contribution >= 4 is 17.3 Å². The van der Waals surface area contributed by atoms with Gasteiger partial charge in [0.05, 0.1) is 22.8 Å². The molecule has 8 heteroatoms. The summed E-state index contributed by atoms with van der Waals surface area (Å²) in [7, 11) is 0. The third-order valence-corrected chi connectivity index (χ3v) is 3.30. The number of carboxylic acid groups (broad SMARTS) is 1. The molecule has 1 fully saturated rings. The molecule has 1 aromatic rings. The van der Waals surface area contributed by atoms with Gasteiger partial charge in [0.1, 0.15) is 5.56 Å². The number of nitro benzene ring substituents is 1. The molecule has 0 aliphatic carbocycles. The number of rotatable bonds is 3. The lowest BCUT2D eigenvalue weighted by atomic mass is 10.1. The van der Waals surface area contributed by atoms with Crippen molar-refractivity contribution in [2.24, 2.45) is 0 Å². The van der Waals surface area contributed by atoms with Gasteiger partial charge in [-0.3, -0.25) is 10.1 Å². The van der Waals surface area contributed by atoms with Crippen LogP contribution in [0.4, 0.5) is 15.8 Å². The summed E-state index contributed by atoms with van der Waals surface area (Å²) in [6.45, 7) is 0.740. The minimum atomic E-state index is -1.48. The van der Waals surface area contributed by atoms with Gasteiger partial charge < -0.3 is 15.1 Å². The van der Waals surface area contributed by atoms with Gasteiger partial charge in [0.25, 0.3) is 5.69 Å². The van der Waals surface area contributed by atoms with Gasteiger partial charge >= 0.3 is 5.97 Å². The summed E-state index contributed by atoms with van der Waals surface area (Å²) in [6.07, 6.45) is 0.434. The summed E-state index contributed by atoms with van der Waals surface area (Å²) in [4.78, 5) is 22.4. The first-order valence-electron chi connectivity index (χ1n) is 6.04. The number of benzene rings is 1. The Morgan fingerprint density at radius 1 is 1.40 bits per heavy atom. The number of nitro groups is 1. The number of aliphatic hydroxyl groups is 1. The minimum Gasteiger partial charge on any atom is -0.477 e.